The van der Waals surface area contributed by atoms with Gasteiger partial charge in [0, 0.05) is 17.8 Å². The second kappa shape index (κ2) is 8.39. The molecule has 0 bridgehead atoms. The zero-order chi connectivity index (χ0) is 18.5. The van der Waals surface area contributed by atoms with Crippen LogP contribution in [0.15, 0.2) is 60.7 Å². The van der Waals surface area contributed by atoms with E-state index in [1.54, 1.807) is 18.2 Å². The van der Waals surface area contributed by atoms with Gasteiger partial charge < -0.3 is 10.1 Å². The third-order valence-corrected chi connectivity index (χ3v) is 4.39. The molecule has 0 heterocycles. The van der Waals surface area contributed by atoms with Crippen molar-refractivity contribution in [3.05, 3.63) is 93.5 Å². The molecule has 1 N–H and O–H groups in total. The van der Waals surface area contributed by atoms with Gasteiger partial charge in [0.2, 0.25) is 0 Å². The first kappa shape index (κ1) is 18.5. The highest BCUT2D eigenvalue weighted by atomic mass is 35.5. The smallest absolute Gasteiger partial charge is 0.141 e. The predicted octanol–water partition coefficient (Wildman–Crippen LogP) is 6.46. The van der Waals surface area contributed by atoms with Crippen molar-refractivity contribution in [2.24, 2.45) is 0 Å². The van der Waals surface area contributed by atoms with Gasteiger partial charge in [-0.25, -0.2) is 8.78 Å². The minimum absolute atomic E-state index is 0.0817. The van der Waals surface area contributed by atoms with Crippen LogP contribution in [0.2, 0.25) is 10.0 Å². The van der Waals surface area contributed by atoms with Crippen LogP contribution in [0.5, 0.6) is 5.75 Å². The molecule has 0 atom stereocenters. The lowest BCUT2D eigenvalue weighted by Gasteiger charge is -2.10. The normalized spacial score (nSPS) is 10.6. The van der Waals surface area contributed by atoms with E-state index in [0.717, 1.165) is 11.3 Å². The van der Waals surface area contributed by atoms with E-state index in [4.69, 9.17) is 27.9 Å². The largest absolute Gasteiger partial charge is 0.489 e. The topological polar surface area (TPSA) is 21.3 Å². The molecule has 3 aromatic carbocycles. The summed E-state index contributed by atoms with van der Waals surface area (Å²) in [6.07, 6.45) is 0. The Hall–Kier alpha value is -2.30. The van der Waals surface area contributed by atoms with E-state index in [-0.39, 0.29) is 17.4 Å². The van der Waals surface area contributed by atoms with Crippen molar-refractivity contribution in [2.75, 3.05) is 5.32 Å². The summed E-state index contributed by atoms with van der Waals surface area (Å²) < 4.78 is 31.9. The van der Waals surface area contributed by atoms with Gasteiger partial charge in [0.1, 0.15) is 24.0 Å². The second-order valence-electron chi connectivity index (χ2n) is 5.65. The number of hydrogen-bond acceptors (Lipinski definition) is 2. The molecule has 0 aromatic heterocycles. The monoisotopic (exact) mass is 393 g/mol. The molecule has 134 valence electrons. The zero-order valence-corrected chi connectivity index (χ0v) is 15.1. The maximum Gasteiger partial charge on any atom is 0.141 e. The highest BCUT2D eigenvalue weighted by Gasteiger charge is 2.04. The van der Waals surface area contributed by atoms with Crippen LogP contribution in [-0.2, 0) is 13.2 Å². The highest BCUT2D eigenvalue weighted by molar-refractivity contribution is 6.31. The molecule has 0 spiro atoms. The molecule has 0 aliphatic rings. The third-order valence-electron chi connectivity index (χ3n) is 3.75. The summed E-state index contributed by atoms with van der Waals surface area (Å²) in [4.78, 5) is 0. The van der Waals surface area contributed by atoms with Gasteiger partial charge in [-0.3, -0.25) is 0 Å². The Morgan fingerprint density at radius 3 is 2.31 bits per heavy atom. The molecular weight excluding hydrogens is 379 g/mol. The number of anilines is 1. The van der Waals surface area contributed by atoms with Gasteiger partial charge in [0.15, 0.2) is 0 Å². The summed E-state index contributed by atoms with van der Waals surface area (Å²) >= 11 is 11.7. The summed E-state index contributed by atoms with van der Waals surface area (Å²) in [5, 5.41) is 3.59. The van der Waals surface area contributed by atoms with E-state index in [0.29, 0.717) is 22.9 Å². The lowest BCUT2D eigenvalue weighted by molar-refractivity contribution is 0.306. The molecule has 26 heavy (non-hydrogen) atoms. The first-order valence-corrected chi connectivity index (χ1v) is 8.61. The standard InChI is InChI=1S/C20H15Cl2F2NO/c21-18-9-15(23)4-3-14(18)12-26-17-6-1-13(2-7-17)11-25-16-5-8-20(24)19(22)10-16/h1-10,25H,11-12H2. The average Bonchev–Trinajstić information content (AvgIpc) is 2.63. The Kier molecular flexibility index (Phi) is 5.96. The molecule has 6 heteroatoms. The van der Waals surface area contributed by atoms with E-state index in [1.165, 1.54) is 18.2 Å². The van der Waals surface area contributed by atoms with E-state index in [1.807, 2.05) is 24.3 Å². The molecule has 2 nitrogen and oxygen atoms in total. The van der Waals surface area contributed by atoms with Crippen molar-refractivity contribution >= 4 is 28.9 Å². The van der Waals surface area contributed by atoms with Gasteiger partial charge in [0.05, 0.1) is 10.0 Å². The predicted molar refractivity (Wildman–Crippen MR) is 101 cm³/mol. The fraction of sp³-hybridized carbons (Fsp3) is 0.100. The quantitative estimate of drug-likeness (QED) is 0.518. The van der Waals surface area contributed by atoms with Crippen LogP contribution >= 0.6 is 23.2 Å². The molecule has 3 aromatic rings. The zero-order valence-electron chi connectivity index (χ0n) is 13.6. The van der Waals surface area contributed by atoms with Crippen molar-refractivity contribution < 1.29 is 13.5 Å². The first-order valence-electron chi connectivity index (χ1n) is 7.86. The van der Waals surface area contributed by atoms with Crippen LogP contribution in [0.3, 0.4) is 0 Å². The lowest BCUT2D eigenvalue weighted by Crippen LogP contribution is -2.00. The van der Waals surface area contributed by atoms with Gasteiger partial charge in [-0.1, -0.05) is 41.4 Å². The number of halogens is 4. The highest BCUT2D eigenvalue weighted by Crippen LogP contribution is 2.22. The van der Waals surface area contributed by atoms with Gasteiger partial charge in [0.25, 0.3) is 0 Å². The number of nitrogens with one attached hydrogen (secondary N) is 1. The maximum absolute atomic E-state index is 13.1. The molecule has 0 radical (unpaired) electrons. The summed E-state index contributed by atoms with van der Waals surface area (Å²) in [6.45, 7) is 0.816. The summed E-state index contributed by atoms with van der Waals surface area (Å²) in [6, 6.07) is 16.2. The second-order valence-corrected chi connectivity index (χ2v) is 6.47. The fourth-order valence-electron chi connectivity index (χ4n) is 2.31. The third kappa shape index (κ3) is 4.87. The SMILES string of the molecule is Fc1ccc(COc2ccc(CNc3ccc(F)c(Cl)c3)cc2)c(Cl)c1. The summed E-state index contributed by atoms with van der Waals surface area (Å²) in [5.74, 6) is -0.142. The van der Waals surface area contributed by atoms with Crippen molar-refractivity contribution in [1.29, 1.82) is 0 Å². The van der Waals surface area contributed by atoms with E-state index < -0.39 is 5.82 Å². The van der Waals surface area contributed by atoms with Gasteiger partial charge >= 0.3 is 0 Å². The van der Waals surface area contributed by atoms with Crippen molar-refractivity contribution in [3.8, 4) is 5.75 Å². The van der Waals surface area contributed by atoms with Crippen LogP contribution < -0.4 is 10.1 Å². The van der Waals surface area contributed by atoms with Crippen LogP contribution in [0.1, 0.15) is 11.1 Å². The Labute approximate surface area is 160 Å². The van der Waals surface area contributed by atoms with Crippen LogP contribution in [0.25, 0.3) is 0 Å². The van der Waals surface area contributed by atoms with Crippen molar-refractivity contribution in [1.82, 2.24) is 0 Å². The van der Waals surface area contributed by atoms with Crippen molar-refractivity contribution in [3.63, 3.8) is 0 Å². The molecule has 0 aliphatic carbocycles. The number of hydrogen-bond donors (Lipinski definition) is 1. The summed E-state index contributed by atoms with van der Waals surface area (Å²) in [7, 11) is 0. The Morgan fingerprint density at radius 2 is 1.62 bits per heavy atom. The minimum atomic E-state index is -0.444. The lowest BCUT2D eigenvalue weighted by atomic mass is 10.2. The Bertz CT molecular complexity index is 901. The Balaban J connectivity index is 1.55. The number of benzene rings is 3. The van der Waals surface area contributed by atoms with Crippen LogP contribution in [-0.4, -0.2) is 0 Å². The molecule has 3 rings (SSSR count). The summed E-state index contributed by atoms with van der Waals surface area (Å²) in [5.41, 5.74) is 2.48. The molecule has 0 saturated carbocycles. The molecule has 0 aliphatic heterocycles. The van der Waals surface area contributed by atoms with Gasteiger partial charge in [-0.2, -0.15) is 0 Å². The van der Waals surface area contributed by atoms with E-state index in [2.05, 4.69) is 5.32 Å². The number of rotatable bonds is 6. The number of ether oxygens (including phenoxy) is 1. The van der Waals surface area contributed by atoms with Crippen LogP contribution in [0.4, 0.5) is 14.5 Å². The molecule has 0 fully saturated rings. The average molecular weight is 394 g/mol. The maximum atomic E-state index is 13.1. The molecule has 0 amide bonds. The first-order chi connectivity index (χ1) is 12.5. The Morgan fingerprint density at radius 1 is 0.846 bits per heavy atom. The molecule has 0 saturated heterocycles. The van der Waals surface area contributed by atoms with Crippen LogP contribution in [0, 0.1) is 11.6 Å². The molecular formula is C20H15Cl2F2NO. The minimum Gasteiger partial charge on any atom is -0.489 e. The van der Waals surface area contributed by atoms with Gasteiger partial charge in [-0.05, 0) is 48.0 Å². The fourth-order valence-corrected chi connectivity index (χ4v) is 2.72. The van der Waals surface area contributed by atoms with Crippen molar-refractivity contribution in [2.45, 2.75) is 13.2 Å². The van der Waals surface area contributed by atoms with Gasteiger partial charge in [-0.15, -0.1) is 0 Å². The molecule has 0 unspecified atom stereocenters. The van der Waals surface area contributed by atoms with E-state index in [9.17, 15) is 8.78 Å². The van der Waals surface area contributed by atoms with E-state index >= 15 is 0 Å².